The lowest BCUT2D eigenvalue weighted by atomic mass is 9.98. The molecule has 0 spiro atoms. The van der Waals surface area contributed by atoms with Crippen LogP contribution in [0, 0.1) is 6.92 Å². The van der Waals surface area contributed by atoms with E-state index in [4.69, 9.17) is 0 Å². The predicted molar refractivity (Wildman–Crippen MR) is 114 cm³/mol. The molecule has 0 bridgehead atoms. The lowest BCUT2D eigenvalue weighted by molar-refractivity contribution is 0.0987. The summed E-state index contributed by atoms with van der Waals surface area (Å²) in [4.78, 5) is 23.3. The molecule has 0 aliphatic heterocycles. The van der Waals surface area contributed by atoms with Gasteiger partial charge in [0.25, 0.3) is 5.91 Å². The second-order valence-corrected chi connectivity index (χ2v) is 7.00. The first kappa shape index (κ1) is 19.5. The van der Waals surface area contributed by atoms with Crippen molar-refractivity contribution in [2.24, 2.45) is 0 Å². The summed E-state index contributed by atoms with van der Waals surface area (Å²) in [6.07, 6.45) is 3.16. The Morgan fingerprint density at radius 2 is 1.71 bits per heavy atom. The van der Waals surface area contributed by atoms with Crippen molar-refractivity contribution < 1.29 is 4.79 Å². The highest BCUT2D eigenvalue weighted by Gasteiger charge is 2.17. The van der Waals surface area contributed by atoms with Gasteiger partial charge >= 0.3 is 0 Å². The van der Waals surface area contributed by atoms with Crippen LogP contribution >= 0.6 is 0 Å². The number of hydrogen-bond donors (Lipinski definition) is 1. The third-order valence-electron chi connectivity index (χ3n) is 4.69. The highest BCUT2D eigenvalue weighted by atomic mass is 16.2. The average Bonchev–Trinajstić information content (AvgIpc) is 2.71. The van der Waals surface area contributed by atoms with Gasteiger partial charge in [0.1, 0.15) is 0 Å². The zero-order chi connectivity index (χ0) is 20.1. The number of amides is 1. The van der Waals surface area contributed by atoms with Gasteiger partial charge in [0, 0.05) is 30.3 Å². The van der Waals surface area contributed by atoms with Gasteiger partial charge in [-0.3, -0.25) is 4.79 Å². The summed E-state index contributed by atoms with van der Waals surface area (Å²) in [5.41, 5.74) is 4.70. The van der Waals surface area contributed by atoms with Gasteiger partial charge < -0.3 is 10.2 Å². The Morgan fingerprint density at radius 3 is 2.32 bits per heavy atom. The van der Waals surface area contributed by atoms with E-state index in [-0.39, 0.29) is 5.91 Å². The number of para-hydroxylation sites is 2. The summed E-state index contributed by atoms with van der Waals surface area (Å²) in [6, 6.07) is 15.8. The molecule has 0 aliphatic rings. The highest BCUT2D eigenvalue weighted by Crippen LogP contribution is 2.29. The van der Waals surface area contributed by atoms with Crippen LogP contribution < -0.4 is 10.2 Å². The van der Waals surface area contributed by atoms with Crippen LogP contribution in [0.25, 0.3) is 0 Å². The van der Waals surface area contributed by atoms with E-state index in [1.54, 1.807) is 17.3 Å². The monoisotopic (exact) mass is 374 g/mol. The molecule has 28 heavy (non-hydrogen) atoms. The minimum Gasteiger partial charge on any atom is -0.324 e. The van der Waals surface area contributed by atoms with Gasteiger partial charge in [-0.25, -0.2) is 9.97 Å². The van der Waals surface area contributed by atoms with Crippen LogP contribution in [-0.4, -0.2) is 22.4 Å². The molecule has 0 fully saturated rings. The van der Waals surface area contributed by atoms with Crippen LogP contribution in [-0.2, 0) is 0 Å². The minimum absolute atomic E-state index is 0.112. The second-order valence-electron chi connectivity index (χ2n) is 7.00. The zero-order valence-corrected chi connectivity index (χ0v) is 16.8. The Hall–Kier alpha value is -3.21. The van der Waals surface area contributed by atoms with E-state index < -0.39 is 0 Å². The van der Waals surface area contributed by atoms with Crippen molar-refractivity contribution in [3.63, 3.8) is 0 Å². The van der Waals surface area contributed by atoms with Gasteiger partial charge in [0.2, 0.25) is 5.95 Å². The summed E-state index contributed by atoms with van der Waals surface area (Å²) in [5, 5.41) is 3.32. The number of aromatic nitrogens is 2. The summed E-state index contributed by atoms with van der Waals surface area (Å²) < 4.78 is 0. The standard InChI is InChI=1S/C23H26N4O/c1-5-27(19-11-7-6-8-12-19)22(28)18-14-24-23(25-15-18)26-21-17(4)10-9-13-20(21)16(2)3/h6-16H,5H2,1-4H3,(H,24,25,26). The molecule has 0 unspecified atom stereocenters. The fourth-order valence-electron chi connectivity index (χ4n) is 3.16. The molecule has 5 heteroatoms. The lowest BCUT2D eigenvalue weighted by Crippen LogP contribution is -2.30. The molecule has 144 valence electrons. The Morgan fingerprint density at radius 1 is 1.04 bits per heavy atom. The number of carbonyl (C=O) groups excluding carboxylic acids is 1. The molecule has 0 atom stereocenters. The van der Waals surface area contributed by atoms with Crippen LogP contribution in [0.1, 0.15) is 48.2 Å². The van der Waals surface area contributed by atoms with E-state index >= 15 is 0 Å². The number of nitrogens with one attached hydrogen (secondary N) is 1. The first-order valence-corrected chi connectivity index (χ1v) is 9.56. The Kier molecular flexibility index (Phi) is 6.04. The van der Waals surface area contributed by atoms with E-state index in [9.17, 15) is 4.79 Å². The molecule has 1 aromatic heterocycles. The van der Waals surface area contributed by atoms with Crippen LogP contribution in [0.4, 0.5) is 17.3 Å². The molecule has 1 amide bonds. The topological polar surface area (TPSA) is 58.1 Å². The summed E-state index contributed by atoms with van der Waals surface area (Å²) in [7, 11) is 0. The molecule has 0 aliphatic carbocycles. The van der Waals surface area contributed by atoms with Crippen LogP contribution in [0.3, 0.4) is 0 Å². The molecule has 0 radical (unpaired) electrons. The fraction of sp³-hybridized carbons (Fsp3) is 0.261. The van der Waals surface area contributed by atoms with E-state index in [0.29, 0.717) is 24.0 Å². The first-order chi connectivity index (χ1) is 13.5. The van der Waals surface area contributed by atoms with Crippen LogP contribution in [0.15, 0.2) is 60.9 Å². The third kappa shape index (κ3) is 4.19. The number of benzene rings is 2. The maximum Gasteiger partial charge on any atom is 0.261 e. The van der Waals surface area contributed by atoms with E-state index in [2.05, 4.69) is 54.3 Å². The normalized spacial score (nSPS) is 10.8. The largest absolute Gasteiger partial charge is 0.324 e. The van der Waals surface area contributed by atoms with Gasteiger partial charge in [0.15, 0.2) is 0 Å². The molecule has 3 rings (SSSR count). The van der Waals surface area contributed by atoms with Crippen molar-refractivity contribution in [2.45, 2.75) is 33.6 Å². The van der Waals surface area contributed by atoms with Gasteiger partial charge in [-0.2, -0.15) is 0 Å². The molecule has 0 saturated carbocycles. The van der Waals surface area contributed by atoms with Gasteiger partial charge in [-0.15, -0.1) is 0 Å². The van der Waals surface area contributed by atoms with Crippen molar-refractivity contribution in [1.29, 1.82) is 0 Å². The fourth-order valence-corrected chi connectivity index (χ4v) is 3.16. The van der Waals surface area contributed by atoms with E-state index in [1.807, 2.05) is 37.3 Å². The third-order valence-corrected chi connectivity index (χ3v) is 4.69. The zero-order valence-electron chi connectivity index (χ0n) is 16.8. The SMILES string of the molecule is CCN(C(=O)c1cnc(Nc2c(C)cccc2C(C)C)nc1)c1ccccc1. The molecule has 5 nitrogen and oxygen atoms in total. The molecule has 1 heterocycles. The maximum absolute atomic E-state index is 12.9. The van der Waals surface area contributed by atoms with E-state index in [1.165, 1.54) is 5.56 Å². The number of rotatable bonds is 6. The molecular formula is C23H26N4O. The van der Waals surface area contributed by atoms with Gasteiger partial charge in [0.05, 0.1) is 5.56 Å². The van der Waals surface area contributed by atoms with Crippen molar-refractivity contribution >= 4 is 23.2 Å². The number of anilines is 3. The summed E-state index contributed by atoms with van der Waals surface area (Å²) in [5.74, 6) is 0.752. The molecule has 1 N–H and O–H groups in total. The van der Waals surface area contributed by atoms with Gasteiger partial charge in [-0.05, 0) is 43.0 Å². The second kappa shape index (κ2) is 8.65. The van der Waals surface area contributed by atoms with Crippen molar-refractivity contribution in [1.82, 2.24) is 9.97 Å². The Labute approximate surface area is 166 Å². The number of hydrogen-bond acceptors (Lipinski definition) is 4. The van der Waals surface area contributed by atoms with Crippen molar-refractivity contribution in [3.8, 4) is 0 Å². The molecule has 2 aromatic carbocycles. The first-order valence-electron chi connectivity index (χ1n) is 9.56. The quantitative estimate of drug-likeness (QED) is 0.634. The number of aryl methyl sites for hydroxylation is 1. The van der Waals surface area contributed by atoms with Crippen molar-refractivity contribution in [3.05, 3.63) is 77.6 Å². The number of nitrogens with zero attached hydrogens (tertiary/aromatic N) is 3. The highest BCUT2D eigenvalue weighted by molar-refractivity contribution is 6.05. The minimum atomic E-state index is -0.112. The molecular weight excluding hydrogens is 348 g/mol. The van der Waals surface area contributed by atoms with Crippen LogP contribution in [0.2, 0.25) is 0 Å². The Bertz CT molecular complexity index is 937. The van der Waals surface area contributed by atoms with E-state index in [0.717, 1.165) is 16.9 Å². The molecule has 3 aromatic rings. The Balaban J connectivity index is 1.82. The summed E-state index contributed by atoms with van der Waals surface area (Å²) in [6.45, 7) is 8.90. The van der Waals surface area contributed by atoms with Crippen molar-refractivity contribution in [2.75, 3.05) is 16.8 Å². The number of carbonyl (C=O) groups is 1. The summed E-state index contributed by atoms with van der Waals surface area (Å²) >= 11 is 0. The van der Waals surface area contributed by atoms with Crippen LogP contribution in [0.5, 0.6) is 0 Å². The smallest absolute Gasteiger partial charge is 0.261 e. The predicted octanol–water partition coefficient (Wildman–Crippen LogP) is 5.32. The lowest BCUT2D eigenvalue weighted by Gasteiger charge is -2.21. The maximum atomic E-state index is 12.9. The van der Waals surface area contributed by atoms with Gasteiger partial charge in [-0.1, -0.05) is 50.2 Å². The average molecular weight is 374 g/mol. The molecule has 0 saturated heterocycles.